The zero-order valence-corrected chi connectivity index (χ0v) is 16.9. The van der Waals surface area contributed by atoms with Crippen LogP contribution in [-0.4, -0.2) is 41.2 Å². The molecule has 7 heteroatoms. The molecule has 29 heavy (non-hydrogen) atoms. The van der Waals surface area contributed by atoms with E-state index in [1.165, 1.54) is 17.7 Å². The minimum Gasteiger partial charge on any atom is -0.493 e. The molecular weight excluding hydrogens is 381 g/mol. The number of alkyl halides is 3. The van der Waals surface area contributed by atoms with Crippen LogP contribution in [0.15, 0.2) is 30.5 Å². The molecule has 2 heterocycles. The second-order valence-electron chi connectivity index (χ2n) is 7.82. The third-order valence-electron chi connectivity index (χ3n) is 5.66. The van der Waals surface area contributed by atoms with Crippen LogP contribution in [0.2, 0.25) is 0 Å². The van der Waals surface area contributed by atoms with Gasteiger partial charge in [-0.2, -0.15) is 13.2 Å². The molecule has 1 fully saturated rings. The SMILES string of the molecule is CCc1c(C(O)CN2CCCC(COc3ccc(C(F)(F)F)cc3)C2)c[nH]c1C. The van der Waals surface area contributed by atoms with E-state index in [2.05, 4.69) is 16.8 Å². The van der Waals surface area contributed by atoms with Crippen LogP contribution in [0, 0.1) is 12.8 Å². The number of piperidine rings is 1. The summed E-state index contributed by atoms with van der Waals surface area (Å²) in [7, 11) is 0. The Bertz CT molecular complexity index is 786. The van der Waals surface area contributed by atoms with Gasteiger partial charge in [0.2, 0.25) is 0 Å². The Hall–Kier alpha value is -1.99. The van der Waals surface area contributed by atoms with E-state index in [-0.39, 0.29) is 5.92 Å². The van der Waals surface area contributed by atoms with Gasteiger partial charge in [-0.05, 0) is 62.6 Å². The lowest BCUT2D eigenvalue weighted by Crippen LogP contribution is -2.40. The maximum Gasteiger partial charge on any atom is 0.416 e. The van der Waals surface area contributed by atoms with Crippen molar-refractivity contribution >= 4 is 0 Å². The number of halogens is 3. The molecule has 0 aliphatic carbocycles. The van der Waals surface area contributed by atoms with Crippen LogP contribution in [0.3, 0.4) is 0 Å². The number of nitrogens with zero attached hydrogens (tertiary/aromatic N) is 1. The molecule has 1 aromatic heterocycles. The Kier molecular flexibility index (Phi) is 6.90. The van der Waals surface area contributed by atoms with Crippen molar-refractivity contribution in [2.24, 2.45) is 5.92 Å². The van der Waals surface area contributed by atoms with Crippen LogP contribution in [0.1, 0.15) is 48.3 Å². The molecule has 1 saturated heterocycles. The van der Waals surface area contributed by atoms with Crippen LogP contribution < -0.4 is 4.74 Å². The molecule has 1 aliphatic rings. The fraction of sp³-hybridized carbons (Fsp3) is 0.545. The molecule has 2 N–H and O–H groups in total. The first-order chi connectivity index (χ1) is 13.8. The van der Waals surface area contributed by atoms with E-state index in [4.69, 9.17) is 4.74 Å². The fourth-order valence-corrected chi connectivity index (χ4v) is 4.09. The van der Waals surface area contributed by atoms with E-state index in [1.54, 1.807) is 0 Å². The molecule has 2 unspecified atom stereocenters. The first kappa shape index (κ1) is 21.7. The first-order valence-electron chi connectivity index (χ1n) is 10.1. The number of ether oxygens (including phenoxy) is 1. The number of aromatic nitrogens is 1. The summed E-state index contributed by atoms with van der Waals surface area (Å²) >= 11 is 0. The smallest absolute Gasteiger partial charge is 0.416 e. The molecule has 0 amide bonds. The molecule has 0 saturated carbocycles. The third-order valence-corrected chi connectivity index (χ3v) is 5.66. The van der Waals surface area contributed by atoms with Crippen LogP contribution in [0.25, 0.3) is 0 Å². The van der Waals surface area contributed by atoms with E-state index in [0.29, 0.717) is 18.9 Å². The lowest BCUT2D eigenvalue weighted by molar-refractivity contribution is -0.137. The van der Waals surface area contributed by atoms with Crippen molar-refractivity contribution < 1.29 is 23.0 Å². The van der Waals surface area contributed by atoms with Crippen molar-refractivity contribution in [1.82, 2.24) is 9.88 Å². The number of likely N-dealkylation sites (tertiary alicyclic amines) is 1. The number of hydrogen-bond acceptors (Lipinski definition) is 3. The summed E-state index contributed by atoms with van der Waals surface area (Å²) in [6.45, 7) is 6.87. The Morgan fingerprint density at radius 3 is 2.66 bits per heavy atom. The molecule has 2 atom stereocenters. The quantitative estimate of drug-likeness (QED) is 0.694. The van der Waals surface area contributed by atoms with Gasteiger partial charge in [-0.15, -0.1) is 0 Å². The summed E-state index contributed by atoms with van der Waals surface area (Å²) in [4.78, 5) is 5.44. The number of aliphatic hydroxyl groups excluding tert-OH is 1. The van der Waals surface area contributed by atoms with Crippen LogP contribution in [-0.2, 0) is 12.6 Å². The molecule has 2 aromatic rings. The lowest BCUT2D eigenvalue weighted by Gasteiger charge is -2.34. The normalized spacial score (nSPS) is 19.3. The van der Waals surface area contributed by atoms with Gasteiger partial charge in [0, 0.05) is 36.5 Å². The number of rotatable bonds is 7. The molecule has 1 aliphatic heterocycles. The minimum absolute atomic E-state index is 0.289. The number of hydrogen-bond donors (Lipinski definition) is 2. The summed E-state index contributed by atoms with van der Waals surface area (Å²) in [5.74, 6) is 0.738. The van der Waals surface area contributed by atoms with E-state index >= 15 is 0 Å². The zero-order chi connectivity index (χ0) is 21.0. The average Bonchev–Trinajstić information content (AvgIpc) is 3.07. The summed E-state index contributed by atoms with van der Waals surface area (Å²) in [6, 6.07) is 4.83. The highest BCUT2D eigenvalue weighted by atomic mass is 19.4. The van der Waals surface area contributed by atoms with Crippen molar-refractivity contribution in [2.75, 3.05) is 26.2 Å². The van der Waals surface area contributed by atoms with E-state index in [0.717, 1.165) is 55.7 Å². The molecule has 0 spiro atoms. The summed E-state index contributed by atoms with van der Waals surface area (Å²) in [5, 5.41) is 10.7. The van der Waals surface area contributed by atoms with E-state index in [9.17, 15) is 18.3 Å². The van der Waals surface area contributed by atoms with Crippen LogP contribution in [0.4, 0.5) is 13.2 Å². The summed E-state index contributed by atoms with van der Waals surface area (Å²) in [6.07, 6.45) is -0.0698. The van der Waals surface area contributed by atoms with Crippen LogP contribution >= 0.6 is 0 Å². The van der Waals surface area contributed by atoms with Gasteiger partial charge in [0.05, 0.1) is 18.3 Å². The third kappa shape index (κ3) is 5.54. The highest BCUT2D eigenvalue weighted by molar-refractivity contribution is 5.32. The summed E-state index contributed by atoms with van der Waals surface area (Å²) < 4.78 is 43.7. The molecule has 4 nitrogen and oxygen atoms in total. The first-order valence-corrected chi connectivity index (χ1v) is 10.1. The number of nitrogens with one attached hydrogen (secondary N) is 1. The fourth-order valence-electron chi connectivity index (χ4n) is 4.09. The maximum absolute atomic E-state index is 12.6. The van der Waals surface area contributed by atoms with Crippen molar-refractivity contribution in [2.45, 2.75) is 45.4 Å². The second kappa shape index (κ2) is 9.22. The topological polar surface area (TPSA) is 48.5 Å². The Morgan fingerprint density at radius 1 is 1.28 bits per heavy atom. The molecule has 3 rings (SSSR count). The van der Waals surface area contributed by atoms with Crippen molar-refractivity contribution in [3.8, 4) is 5.75 Å². The van der Waals surface area contributed by atoms with Crippen molar-refractivity contribution in [1.29, 1.82) is 0 Å². The van der Waals surface area contributed by atoms with Gasteiger partial charge in [0.15, 0.2) is 0 Å². The Morgan fingerprint density at radius 2 is 2.00 bits per heavy atom. The molecule has 160 valence electrons. The molecule has 1 aromatic carbocycles. The van der Waals surface area contributed by atoms with Crippen molar-refractivity contribution in [3.63, 3.8) is 0 Å². The highest BCUT2D eigenvalue weighted by Gasteiger charge is 2.30. The predicted octanol–water partition coefficient (Wildman–Crippen LogP) is 4.73. The predicted molar refractivity (Wildman–Crippen MR) is 106 cm³/mol. The lowest BCUT2D eigenvalue weighted by atomic mass is 9.97. The Labute approximate surface area is 169 Å². The van der Waals surface area contributed by atoms with Gasteiger partial charge in [0.25, 0.3) is 0 Å². The van der Waals surface area contributed by atoms with Gasteiger partial charge in [-0.25, -0.2) is 0 Å². The summed E-state index contributed by atoms with van der Waals surface area (Å²) in [5.41, 5.74) is 2.57. The van der Waals surface area contributed by atoms with Gasteiger partial charge in [-0.1, -0.05) is 6.92 Å². The number of β-amino-alcohol motifs (C(OH)–C–C–N with tert-alkyl or cyclic N) is 1. The largest absolute Gasteiger partial charge is 0.493 e. The highest BCUT2D eigenvalue weighted by Crippen LogP contribution is 2.30. The van der Waals surface area contributed by atoms with Crippen molar-refractivity contribution in [3.05, 3.63) is 52.8 Å². The second-order valence-corrected chi connectivity index (χ2v) is 7.82. The Balaban J connectivity index is 1.51. The van der Waals surface area contributed by atoms with Crippen LogP contribution in [0.5, 0.6) is 5.75 Å². The monoisotopic (exact) mass is 410 g/mol. The van der Waals surface area contributed by atoms with Gasteiger partial charge < -0.3 is 19.7 Å². The number of aryl methyl sites for hydroxylation is 1. The molecule has 0 bridgehead atoms. The maximum atomic E-state index is 12.6. The number of H-pyrrole nitrogens is 1. The number of aromatic amines is 1. The zero-order valence-electron chi connectivity index (χ0n) is 16.9. The van der Waals surface area contributed by atoms with Gasteiger partial charge >= 0.3 is 6.18 Å². The minimum atomic E-state index is -4.33. The average molecular weight is 410 g/mol. The standard InChI is InChI=1S/C22H29F3N2O2/c1-3-19-15(2)26-11-20(19)21(28)13-27-10-4-5-16(12-27)14-29-18-8-6-17(7-9-18)22(23,24)25/h6-9,11,16,21,26,28H,3-5,10,12-14H2,1-2H3. The number of aliphatic hydroxyl groups is 1. The molecule has 0 radical (unpaired) electrons. The molecular formula is C22H29F3N2O2. The van der Waals surface area contributed by atoms with E-state index < -0.39 is 17.8 Å². The number of benzene rings is 1. The van der Waals surface area contributed by atoms with E-state index in [1.807, 2.05) is 13.1 Å². The van der Waals surface area contributed by atoms with Gasteiger partial charge in [0.1, 0.15) is 5.75 Å². The van der Waals surface area contributed by atoms with Gasteiger partial charge in [-0.3, -0.25) is 0 Å².